The number of hydrogen-bond donors (Lipinski definition) is 1. The lowest BCUT2D eigenvalue weighted by Crippen LogP contribution is -2.52. The highest BCUT2D eigenvalue weighted by molar-refractivity contribution is 7.15. The van der Waals surface area contributed by atoms with E-state index >= 15 is 0 Å². The number of carbonyl (C=O) groups is 2. The molecule has 4 rings (SSSR count). The predicted molar refractivity (Wildman–Crippen MR) is 91.0 cm³/mol. The Morgan fingerprint density at radius 3 is 2.92 bits per heavy atom. The van der Waals surface area contributed by atoms with Crippen molar-refractivity contribution in [1.82, 2.24) is 19.6 Å². The molecule has 1 aliphatic rings. The maximum Gasteiger partial charge on any atom is 0.273 e. The number of fused-ring (bicyclic) bond motifs is 1. The van der Waals surface area contributed by atoms with Crippen LogP contribution in [0.2, 0.25) is 0 Å². The molecule has 0 spiro atoms. The first kappa shape index (κ1) is 14.9. The average molecular weight is 340 g/mol. The first-order valence-electron chi connectivity index (χ1n) is 7.69. The zero-order valence-electron chi connectivity index (χ0n) is 13.1. The van der Waals surface area contributed by atoms with Gasteiger partial charge in [-0.25, -0.2) is 4.98 Å². The third kappa shape index (κ3) is 2.37. The molecule has 1 aliphatic heterocycles. The lowest BCUT2D eigenvalue weighted by Gasteiger charge is -2.35. The van der Waals surface area contributed by atoms with Gasteiger partial charge in [0.1, 0.15) is 12.2 Å². The summed E-state index contributed by atoms with van der Waals surface area (Å²) in [4.78, 5) is 31.7. The third-order valence-corrected chi connectivity index (χ3v) is 5.22. The smallest absolute Gasteiger partial charge is 0.273 e. The fourth-order valence-corrected chi connectivity index (χ4v) is 3.92. The van der Waals surface area contributed by atoms with Gasteiger partial charge in [-0.2, -0.15) is 0 Å². The molecule has 122 valence electrons. The van der Waals surface area contributed by atoms with E-state index in [0.29, 0.717) is 12.2 Å². The molecule has 2 aromatic heterocycles. The Morgan fingerprint density at radius 1 is 1.33 bits per heavy atom. The van der Waals surface area contributed by atoms with E-state index in [1.165, 1.54) is 11.3 Å². The van der Waals surface area contributed by atoms with E-state index in [2.05, 4.69) is 10.3 Å². The van der Waals surface area contributed by atoms with Crippen molar-refractivity contribution in [2.45, 2.75) is 13.0 Å². The summed E-state index contributed by atoms with van der Waals surface area (Å²) in [5.74, 6) is -0.314. The Kier molecular flexibility index (Phi) is 3.57. The highest BCUT2D eigenvalue weighted by atomic mass is 32.1. The fourth-order valence-electron chi connectivity index (χ4n) is 3.08. The summed E-state index contributed by atoms with van der Waals surface area (Å²) in [7, 11) is 0. The number of nitrogens with zero attached hydrogens (tertiary/aromatic N) is 3. The van der Waals surface area contributed by atoms with Gasteiger partial charge in [-0.15, -0.1) is 11.3 Å². The standard InChI is InChI=1S/C17H16N4O2S/c1-11-10-24-17-19-8-14(21(11)17)16(23)20-9-15(22)18-7-13(20)12-5-3-2-4-6-12/h2-6,8,10,13H,7,9H2,1H3,(H,18,22). The monoisotopic (exact) mass is 340 g/mol. The number of hydrogen-bond acceptors (Lipinski definition) is 4. The van der Waals surface area contributed by atoms with Crippen LogP contribution in [0.3, 0.4) is 0 Å². The van der Waals surface area contributed by atoms with Crippen molar-refractivity contribution >= 4 is 28.1 Å². The van der Waals surface area contributed by atoms with Crippen LogP contribution in [0.5, 0.6) is 0 Å². The van der Waals surface area contributed by atoms with Crippen LogP contribution in [0.15, 0.2) is 41.9 Å². The number of thiazole rings is 1. The first-order chi connectivity index (χ1) is 11.6. The molecule has 3 heterocycles. The molecule has 1 N–H and O–H groups in total. The molecule has 24 heavy (non-hydrogen) atoms. The number of imidazole rings is 1. The van der Waals surface area contributed by atoms with Crippen LogP contribution in [-0.4, -0.2) is 39.2 Å². The van der Waals surface area contributed by atoms with E-state index in [1.54, 1.807) is 11.1 Å². The Morgan fingerprint density at radius 2 is 2.12 bits per heavy atom. The van der Waals surface area contributed by atoms with Gasteiger partial charge in [0.25, 0.3) is 5.91 Å². The molecule has 3 aromatic rings. The van der Waals surface area contributed by atoms with Crippen LogP contribution >= 0.6 is 11.3 Å². The van der Waals surface area contributed by atoms with Gasteiger partial charge in [-0.3, -0.25) is 14.0 Å². The summed E-state index contributed by atoms with van der Waals surface area (Å²) in [5, 5.41) is 4.82. The number of carbonyl (C=O) groups excluding carboxylic acids is 2. The molecule has 6 nitrogen and oxygen atoms in total. The number of piperazine rings is 1. The van der Waals surface area contributed by atoms with Gasteiger partial charge in [0, 0.05) is 17.6 Å². The SMILES string of the molecule is Cc1csc2ncc(C(=O)N3CC(=O)NCC3c3ccccc3)n12. The molecule has 1 fully saturated rings. The van der Waals surface area contributed by atoms with E-state index in [9.17, 15) is 9.59 Å². The van der Waals surface area contributed by atoms with Gasteiger partial charge < -0.3 is 10.2 Å². The average Bonchev–Trinajstić information content (AvgIpc) is 3.18. The molecule has 1 atom stereocenters. The number of rotatable bonds is 2. The second-order valence-electron chi connectivity index (χ2n) is 5.80. The number of nitrogens with one attached hydrogen (secondary N) is 1. The third-order valence-electron chi connectivity index (χ3n) is 4.26. The van der Waals surface area contributed by atoms with Gasteiger partial charge in [0.2, 0.25) is 5.91 Å². The Balaban J connectivity index is 1.75. The molecule has 1 aromatic carbocycles. The zero-order chi connectivity index (χ0) is 16.7. The summed E-state index contributed by atoms with van der Waals surface area (Å²) in [6, 6.07) is 9.59. The van der Waals surface area contributed by atoms with Crippen molar-refractivity contribution in [3.05, 3.63) is 58.9 Å². The molecule has 0 bridgehead atoms. The van der Waals surface area contributed by atoms with Crippen LogP contribution in [0.4, 0.5) is 0 Å². The number of aryl methyl sites for hydroxylation is 1. The molecule has 1 unspecified atom stereocenters. The minimum absolute atomic E-state index is 0.0504. The van der Waals surface area contributed by atoms with Gasteiger partial charge >= 0.3 is 0 Å². The highest BCUT2D eigenvalue weighted by Crippen LogP contribution is 2.26. The molecule has 1 saturated heterocycles. The van der Waals surface area contributed by atoms with E-state index in [0.717, 1.165) is 16.2 Å². The number of amides is 2. The Labute approximate surface area is 142 Å². The van der Waals surface area contributed by atoms with E-state index in [4.69, 9.17) is 0 Å². The van der Waals surface area contributed by atoms with Gasteiger partial charge in [0.05, 0.1) is 12.2 Å². The normalized spacial score (nSPS) is 18.0. The maximum absolute atomic E-state index is 13.1. The Hall–Kier alpha value is -2.67. The van der Waals surface area contributed by atoms with Crippen molar-refractivity contribution in [2.75, 3.05) is 13.1 Å². The van der Waals surface area contributed by atoms with Crippen molar-refractivity contribution < 1.29 is 9.59 Å². The molecule has 2 amide bonds. The molecular formula is C17H16N4O2S. The number of benzene rings is 1. The lowest BCUT2D eigenvalue weighted by molar-refractivity contribution is -0.124. The summed E-state index contributed by atoms with van der Waals surface area (Å²) < 4.78 is 1.85. The topological polar surface area (TPSA) is 66.7 Å². The van der Waals surface area contributed by atoms with Gasteiger partial charge in [-0.1, -0.05) is 30.3 Å². The molecule has 0 aliphatic carbocycles. The van der Waals surface area contributed by atoms with Crippen LogP contribution in [0.1, 0.15) is 27.8 Å². The second kappa shape index (κ2) is 5.76. The summed E-state index contributed by atoms with van der Waals surface area (Å²) >= 11 is 1.50. The van der Waals surface area contributed by atoms with Crippen LogP contribution in [-0.2, 0) is 4.79 Å². The molecule has 0 saturated carbocycles. The van der Waals surface area contributed by atoms with Crippen LogP contribution < -0.4 is 5.32 Å². The largest absolute Gasteiger partial charge is 0.352 e. The minimum Gasteiger partial charge on any atom is -0.352 e. The summed E-state index contributed by atoms with van der Waals surface area (Å²) in [6.07, 6.45) is 1.59. The van der Waals surface area contributed by atoms with Crippen molar-refractivity contribution in [3.8, 4) is 0 Å². The van der Waals surface area contributed by atoms with E-state index in [1.807, 2.05) is 47.0 Å². The molecular weight excluding hydrogens is 324 g/mol. The minimum atomic E-state index is -0.180. The highest BCUT2D eigenvalue weighted by Gasteiger charge is 2.33. The van der Waals surface area contributed by atoms with E-state index < -0.39 is 0 Å². The van der Waals surface area contributed by atoms with Gasteiger partial charge in [0.15, 0.2) is 4.96 Å². The summed E-state index contributed by atoms with van der Waals surface area (Å²) in [6.45, 7) is 2.41. The van der Waals surface area contributed by atoms with Crippen molar-refractivity contribution in [2.24, 2.45) is 0 Å². The zero-order valence-corrected chi connectivity index (χ0v) is 13.9. The van der Waals surface area contributed by atoms with Crippen molar-refractivity contribution in [1.29, 1.82) is 0 Å². The summed E-state index contributed by atoms with van der Waals surface area (Å²) in [5.41, 5.74) is 2.47. The van der Waals surface area contributed by atoms with Crippen LogP contribution in [0.25, 0.3) is 4.96 Å². The molecule has 7 heteroatoms. The van der Waals surface area contributed by atoms with Gasteiger partial charge in [-0.05, 0) is 12.5 Å². The second-order valence-corrected chi connectivity index (χ2v) is 6.64. The maximum atomic E-state index is 13.1. The number of aromatic nitrogens is 2. The van der Waals surface area contributed by atoms with E-state index in [-0.39, 0.29) is 24.4 Å². The molecule has 0 radical (unpaired) electrons. The van der Waals surface area contributed by atoms with Crippen molar-refractivity contribution in [3.63, 3.8) is 0 Å². The van der Waals surface area contributed by atoms with Crippen LogP contribution in [0, 0.1) is 6.92 Å². The quantitative estimate of drug-likeness (QED) is 0.776. The lowest BCUT2D eigenvalue weighted by atomic mass is 10.0. The first-order valence-corrected chi connectivity index (χ1v) is 8.57. The predicted octanol–water partition coefficient (Wildman–Crippen LogP) is 2.02. The fraction of sp³-hybridized carbons (Fsp3) is 0.235. The Bertz CT molecular complexity index is 915.